The predicted molar refractivity (Wildman–Crippen MR) is 78.5 cm³/mol. The molecule has 0 aliphatic heterocycles. The third-order valence-electron chi connectivity index (χ3n) is 3.13. The topological polar surface area (TPSA) is 51.4 Å². The van der Waals surface area contributed by atoms with Gasteiger partial charge in [0.25, 0.3) is 0 Å². The minimum atomic E-state index is 0.717. The highest BCUT2D eigenvalue weighted by molar-refractivity contribution is 5.52. The van der Waals surface area contributed by atoms with Crippen molar-refractivity contribution in [3.8, 4) is 5.75 Å². The Labute approximate surface area is 113 Å². The molecule has 0 radical (unpaired) electrons. The Bertz CT molecular complexity index is 569. The third-order valence-corrected chi connectivity index (χ3v) is 3.13. The number of hydrogen-bond acceptors (Lipinski definition) is 4. The molecule has 0 aliphatic carbocycles. The molecule has 0 atom stereocenters. The van der Waals surface area contributed by atoms with Crippen LogP contribution >= 0.6 is 0 Å². The van der Waals surface area contributed by atoms with Gasteiger partial charge in [0, 0.05) is 19.2 Å². The van der Waals surface area contributed by atoms with Crippen molar-refractivity contribution in [2.45, 2.75) is 13.5 Å². The number of ether oxygens (including phenoxy) is 1. The first-order chi connectivity index (χ1) is 9.11. The highest BCUT2D eigenvalue weighted by atomic mass is 16.5. The summed E-state index contributed by atoms with van der Waals surface area (Å²) in [5, 5.41) is 0. The molecule has 0 fully saturated rings. The smallest absolute Gasteiger partial charge is 0.128 e. The van der Waals surface area contributed by atoms with Crippen molar-refractivity contribution in [3.05, 3.63) is 47.7 Å². The van der Waals surface area contributed by atoms with Gasteiger partial charge in [-0.05, 0) is 24.6 Å². The summed E-state index contributed by atoms with van der Waals surface area (Å²) in [6.07, 6.45) is 1.70. The van der Waals surface area contributed by atoms with E-state index in [1.54, 1.807) is 13.3 Å². The SMILES string of the molecule is COc1ccccc1CN(C)c1cc(C)c(N)cn1. The normalized spacial score (nSPS) is 10.3. The maximum absolute atomic E-state index is 5.79. The number of benzene rings is 1. The second kappa shape index (κ2) is 5.61. The zero-order chi connectivity index (χ0) is 13.8. The van der Waals surface area contributed by atoms with Gasteiger partial charge in [-0.3, -0.25) is 0 Å². The lowest BCUT2D eigenvalue weighted by molar-refractivity contribution is 0.409. The van der Waals surface area contributed by atoms with E-state index in [1.165, 1.54) is 0 Å². The molecule has 0 aliphatic rings. The Balaban J connectivity index is 2.20. The maximum atomic E-state index is 5.79. The summed E-state index contributed by atoms with van der Waals surface area (Å²) in [4.78, 5) is 6.42. The van der Waals surface area contributed by atoms with Gasteiger partial charge in [0.15, 0.2) is 0 Å². The number of anilines is 2. The molecule has 2 aromatic rings. The van der Waals surface area contributed by atoms with Crippen molar-refractivity contribution in [2.75, 3.05) is 24.8 Å². The number of methoxy groups -OCH3 is 1. The summed E-state index contributed by atoms with van der Waals surface area (Å²) >= 11 is 0. The number of aromatic nitrogens is 1. The van der Waals surface area contributed by atoms with Gasteiger partial charge in [-0.15, -0.1) is 0 Å². The lowest BCUT2D eigenvalue weighted by atomic mass is 10.2. The first-order valence-corrected chi connectivity index (χ1v) is 6.17. The van der Waals surface area contributed by atoms with E-state index in [0.717, 1.165) is 34.9 Å². The molecule has 0 saturated heterocycles. The highest BCUT2D eigenvalue weighted by Gasteiger charge is 2.08. The fourth-order valence-corrected chi connectivity index (χ4v) is 1.93. The summed E-state index contributed by atoms with van der Waals surface area (Å²) in [6.45, 7) is 2.72. The second-order valence-corrected chi connectivity index (χ2v) is 4.57. The number of nitrogens with zero attached hydrogens (tertiary/aromatic N) is 2. The van der Waals surface area contributed by atoms with Gasteiger partial charge in [-0.1, -0.05) is 18.2 Å². The largest absolute Gasteiger partial charge is 0.496 e. The highest BCUT2D eigenvalue weighted by Crippen LogP contribution is 2.22. The first-order valence-electron chi connectivity index (χ1n) is 6.17. The van der Waals surface area contributed by atoms with Crippen molar-refractivity contribution >= 4 is 11.5 Å². The number of aryl methyl sites for hydroxylation is 1. The number of pyridine rings is 1. The van der Waals surface area contributed by atoms with E-state index < -0.39 is 0 Å². The summed E-state index contributed by atoms with van der Waals surface area (Å²) in [6, 6.07) is 9.98. The van der Waals surface area contributed by atoms with E-state index in [0.29, 0.717) is 0 Å². The van der Waals surface area contributed by atoms with Crippen molar-refractivity contribution in [2.24, 2.45) is 0 Å². The monoisotopic (exact) mass is 257 g/mol. The fourth-order valence-electron chi connectivity index (χ4n) is 1.93. The summed E-state index contributed by atoms with van der Waals surface area (Å²) in [5.74, 6) is 1.79. The van der Waals surface area contributed by atoms with Crippen molar-refractivity contribution < 1.29 is 4.74 Å². The van der Waals surface area contributed by atoms with Crippen LogP contribution < -0.4 is 15.4 Å². The van der Waals surface area contributed by atoms with Crippen LogP contribution in [0.1, 0.15) is 11.1 Å². The number of para-hydroxylation sites is 1. The molecular formula is C15H19N3O. The predicted octanol–water partition coefficient (Wildman–Crippen LogP) is 2.62. The molecule has 2 rings (SSSR count). The van der Waals surface area contributed by atoms with Gasteiger partial charge in [-0.25, -0.2) is 4.98 Å². The molecule has 0 spiro atoms. The average molecular weight is 257 g/mol. The van der Waals surface area contributed by atoms with Gasteiger partial charge in [0.2, 0.25) is 0 Å². The van der Waals surface area contributed by atoms with Crippen LogP contribution in [0.5, 0.6) is 5.75 Å². The Hall–Kier alpha value is -2.23. The molecule has 100 valence electrons. The van der Waals surface area contributed by atoms with Gasteiger partial charge in [0.05, 0.1) is 19.0 Å². The summed E-state index contributed by atoms with van der Waals surface area (Å²) in [5.41, 5.74) is 8.67. The third kappa shape index (κ3) is 2.96. The van der Waals surface area contributed by atoms with Gasteiger partial charge in [0.1, 0.15) is 11.6 Å². The van der Waals surface area contributed by atoms with E-state index in [1.807, 2.05) is 38.2 Å². The Morgan fingerprint density at radius 3 is 2.74 bits per heavy atom. The first kappa shape index (κ1) is 13.2. The number of nitrogen functional groups attached to an aromatic ring is 1. The Morgan fingerprint density at radius 2 is 2.05 bits per heavy atom. The lowest BCUT2D eigenvalue weighted by Crippen LogP contribution is -2.18. The van der Waals surface area contributed by atoms with Crippen molar-refractivity contribution in [1.29, 1.82) is 0 Å². The molecule has 0 bridgehead atoms. The van der Waals surface area contributed by atoms with E-state index in [2.05, 4.69) is 16.0 Å². The molecule has 1 aromatic heterocycles. The molecule has 2 N–H and O–H groups in total. The van der Waals surface area contributed by atoms with Crippen LogP contribution in [-0.2, 0) is 6.54 Å². The molecule has 0 saturated carbocycles. The minimum absolute atomic E-state index is 0.717. The van der Waals surface area contributed by atoms with Crippen LogP contribution in [0.15, 0.2) is 36.5 Å². The van der Waals surface area contributed by atoms with Gasteiger partial charge < -0.3 is 15.4 Å². The van der Waals surface area contributed by atoms with Crippen LogP contribution in [0.4, 0.5) is 11.5 Å². The zero-order valence-electron chi connectivity index (χ0n) is 11.6. The molecule has 0 amide bonds. The number of rotatable bonds is 4. The molecular weight excluding hydrogens is 238 g/mol. The van der Waals surface area contributed by atoms with Crippen LogP contribution in [0.2, 0.25) is 0 Å². The van der Waals surface area contributed by atoms with E-state index >= 15 is 0 Å². The van der Waals surface area contributed by atoms with Crippen LogP contribution in [0.25, 0.3) is 0 Å². The van der Waals surface area contributed by atoms with E-state index in [-0.39, 0.29) is 0 Å². The van der Waals surface area contributed by atoms with Crippen molar-refractivity contribution in [3.63, 3.8) is 0 Å². The van der Waals surface area contributed by atoms with Crippen molar-refractivity contribution in [1.82, 2.24) is 4.98 Å². The molecule has 4 nitrogen and oxygen atoms in total. The molecule has 1 heterocycles. The fraction of sp³-hybridized carbons (Fsp3) is 0.267. The van der Waals surface area contributed by atoms with Crippen LogP contribution in [-0.4, -0.2) is 19.1 Å². The average Bonchev–Trinajstić information content (AvgIpc) is 2.42. The lowest BCUT2D eigenvalue weighted by Gasteiger charge is -2.20. The minimum Gasteiger partial charge on any atom is -0.496 e. The van der Waals surface area contributed by atoms with Gasteiger partial charge in [-0.2, -0.15) is 0 Å². The standard InChI is InChI=1S/C15H19N3O/c1-11-8-15(17-9-13(11)16)18(2)10-12-6-4-5-7-14(12)19-3/h4-9H,10,16H2,1-3H3. The molecule has 4 heteroatoms. The second-order valence-electron chi connectivity index (χ2n) is 4.57. The Kier molecular flexibility index (Phi) is 3.90. The molecule has 1 aromatic carbocycles. The van der Waals surface area contributed by atoms with E-state index in [4.69, 9.17) is 10.5 Å². The zero-order valence-corrected chi connectivity index (χ0v) is 11.6. The quantitative estimate of drug-likeness (QED) is 0.914. The molecule has 19 heavy (non-hydrogen) atoms. The van der Waals surface area contributed by atoms with Crippen LogP contribution in [0, 0.1) is 6.92 Å². The maximum Gasteiger partial charge on any atom is 0.128 e. The molecule has 0 unspecified atom stereocenters. The summed E-state index contributed by atoms with van der Waals surface area (Å²) in [7, 11) is 3.69. The number of nitrogens with two attached hydrogens (primary N) is 1. The van der Waals surface area contributed by atoms with E-state index in [9.17, 15) is 0 Å². The van der Waals surface area contributed by atoms with Gasteiger partial charge >= 0.3 is 0 Å². The number of hydrogen-bond donors (Lipinski definition) is 1. The summed E-state index contributed by atoms with van der Waals surface area (Å²) < 4.78 is 5.36. The van der Waals surface area contributed by atoms with Crippen LogP contribution in [0.3, 0.4) is 0 Å². The Morgan fingerprint density at radius 1 is 1.32 bits per heavy atom.